The number of aromatic amines is 1. The Kier molecular flexibility index (Phi) is 5.50. The van der Waals surface area contributed by atoms with Crippen molar-refractivity contribution >= 4 is 17.1 Å². The molecule has 0 bridgehead atoms. The second-order valence-electron chi connectivity index (χ2n) is 9.21. The Morgan fingerprint density at radius 1 is 1.30 bits per heavy atom. The molecule has 10 heteroatoms. The van der Waals surface area contributed by atoms with Crippen LogP contribution >= 0.6 is 0 Å². The van der Waals surface area contributed by atoms with Gasteiger partial charge in [-0.25, -0.2) is 14.8 Å². The van der Waals surface area contributed by atoms with Gasteiger partial charge in [0.15, 0.2) is 0 Å². The van der Waals surface area contributed by atoms with Gasteiger partial charge in [-0.15, -0.1) is 0 Å². The maximum Gasteiger partial charge on any atom is 0.410 e. The third kappa shape index (κ3) is 3.93. The number of amides is 1. The number of H-pyrrole nitrogens is 1. The van der Waals surface area contributed by atoms with E-state index >= 15 is 0 Å². The summed E-state index contributed by atoms with van der Waals surface area (Å²) >= 11 is 0. The van der Waals surface area contributed by atoms with Crippen LogP contribution in [0.4, 0.5) is 4.79 Å². The van der Waals surface area contributed by atoms with E-state index < -0.39 is 0 Å². The van der Waals surface area contributed by atoms with Crippen LogP contribution in [0.5, 0.6) is 0 Å². The smallest absolute Gasteiger partial charge is 0.410 e. The van der Waals surface area contributed by atoms with Gasteiger partial charge in [0.05, 0.1) is 36.0 Å². The highest BCUT2D eigenvalue weighted by Gasteiger charge is 2.49. The van der Waals surface area contributed by atoms with Crippen molar-refractivity contribution in [1.82, 2.24) is 34.5 Å². The lowest BCUT2D eigenvalue weighted by Gasteiger charge is -2.52. The number of hydrogen-bond acceptors (Lipinski definition) is 7. The number of nitrogens with one attached hydrogen (secondary N) is 1. The summed E-state index contributed by atoms with van der Waals surface area (Å²) in [6.07, 6.45) is 9.02. The molecule has 1 saturated heterocycles. The van der Waals surface area contributed by atoms with E-state index in [-0.39, 0.29) is 17.7 Å². The third-order valence-corrected chi connectivity index (χ3v) is 6.76. The van der Waals surface area contributed by atoms with Crippen molar-refractivity contribution in [2.75, 3.05) is 26.2 Å². The van der Waals surface area contributed by atoms with Gasteiger partial charge in [-0.3, -0.25) is 9.58 Å². The molecule has 0 aromatic carbocycles. The highest BCUT2D eigenvalue weighted by molar-refractivity contribution is 5.90. The molecule has 1 aliphatic carbocycles. The number of fused-ring (bicyclic) bond motifs is 1. The van der Waals surface area contributed by atoms with Gasteiger partial charge in [0, 0.05) is 55.6 Å². The average Bonchev–Trinajstić information content (AvgIpc) is 3.45. The lowest BCUT2D eigenvalue weighted by atomic mass is 9.70. The predicted molar refractivity (Wildman–Crippen MR) is 121 cm³/mol. The van der Waals surface area contributed by atoms with Gasteiger partial charge in [0.2, 0.25) is 0 Å². The largest absolute Gasteiger partial charge is 0.447 e. The molecule has 1 amide bonds. The third-order valence-electron chi connectivity index (χ3n) is 6.76. The van der Waals surface area contributed by atoms with Gasteiger partial charge in [-0.1, -0.05) is 0 Å². The summed E-state index contributed by atoms with van der Waals surface area (Å²) in [6.45, 7) is 6.70. The number of nitrogens with zero attached hydrogens (tertiary/aromatic N) is 7. The number of nitriles is 1. The fourth-order valence-electron chi connectivity index (χ4n) is 4.99. The Morgan fingerprint density at radius 2 is 2.09 bits per heavy atom. The summed E-state index contributed by atoms with van der Waals surface area (Å²) in [7, 11) is 0. The minimum Gasteiger partial charge on any atom is -0.447 e. The SMILES string of the molecule is CC(C)OC(=O)N1CCN([C@H]2C[C@](CC#N)(n3cc(-c4ncnc5[nH]ccc45)cn3)C2)CC1. The number of piperazine rings is 1. The van der Waals surface area contributed by atoms with E-state index in [0.29, 0.717) is 25.6 Å². The Labute approximate surface area is 192 Å². The molecule has 2 aliphatic rings. The van der Waals surface area contributed by atoms with Crippen LogP contribution in [0.2, 0.25) is 0 Å². The molecule has 0 unspecified atom stereocenters. The van der Waals surface area contributed by atoms with Gasteiger partial charge >= 0.3 is 6.09 Å². The zero-order valence-corrected chi connectivity index (χ0v) is 18.9. The maximum atomic E-state index is 12.2. The molecule has 1 aliphatic heterocycles. The number of aromatic nitrogens is 5. The maximum absolute atomic E-state index is 12.2. The molecule has 1 N–H and O–H groups in total. The zero-order chi connectivity index (χ0) is 23.0. The first-order valence-corrected chi connectivity index (χ1v) is 11.4. The molecule has 10 nitrogen and oxygen atoms in total. The number of carbonyl (C=O) groups is 1. The fourth-order valence-corrected chi connectivity index (χ4v) is 4.99. The quantitative estimate of drug-likeness (QED) is 0.638. The topological polar surface area (TPSA) is 116 Å². The van der Waals surface area contributed by atoms with Crippen LogP contribution in [0.25, 0.3) is 22.3 Å². The van der Waals surface area contributed by atoms with Crippen LogP contribution in [0.15, 0.2) is 31.0 Å². The lowest BCUT2D eigenvalue weighted by Crippen LogP contribution is -2.60. The van der Waals surface area contributed by atoms with Crippen LogP contribution in [-0.2, 0) is 10.3 Å². The van der Waals surface area contributed by atoms with Gasteiger partial charge in [0.1, 0.15) is 12.0 Å². The van der Waals surface area contributed by atoms with Crippen molar-refractivity contribution in [3.05, 3.63) is 31.0 Å². The van der Waals surface area contributed by atoms with Crippen molar-refractivity contribution in [2.24, 2.45) is 0 Å². The molecule has 0 atom stereocenters. The summed E-state index contributed by atoms with van der Waals surface area (Å²) in [5.41, 5.74) is 2.23. The van der Waals surface area contributed by atoms with Gasteiger partial charge in [0.25, 0.3) is 0 Å². The second-order valence-corrected chi connectivity index (χ2v) is 9.21. The van der Waals surface area contributed by atoms with Crippen LogP contribution < -0.4 is 0 Å². The molecule has 0 radical (unpaired) electrons. The Balaban J connectivity index is 1.26. The summed E-state index contributed by atoms with van der Waals surface area (Å²) in [5, 5.41) is 15.1. The van der Waals surface area contributed by atoms with Gasteiger partial charge in [-0.2, -0.15) is 10.4 Å². The zero-order valence-electron chi connectivity index (χ0n) is 18.9. The highest BCUT2D eigenvalue weighted by atomic mass is 16.6. The molecule has 33 heavy (non-hydrogen) atoms. The Morgan fingerprint density at radius 3 is 2.82 bits per heavy atom. The number of hydrogen-bond donors (Lipinski definition) is 1. The number of rotatable bonds is 5. The normalized spacial score (nSPS) is 23.5. The van der Waals surface area contributed by atoms with Crippen molar-refractivity contribution in [3.63, 3.8) is 0 Å². The average molecular weight is 449 g/mol. The van der Waals surface area contributed by atoms with E-state index in [1.165, 1.54) is 0 Å². The summed E-state index contributed by atoms with van der Waals surface area (Å²) in [4.78, 5) is 28.2. The van der Waals surface area contributed by atoms with Gasteiger partial charge in [-0.05, 0) is 32.8 Å². The number of carbonyl (C=O) groups excluding carboxylic acids is 1. The summed E-state index contributed by atoms with van der Waals surface area (Å²) in [5.74, 6) is 0. The predicted octanol–water partition coefficient (Wildman–Crippen LogP) is 2.76. The molecule has 0 spiro atoms. The fraction of sp³-hybridized carbons (Fsp3) is 0.522. The molecule has 172 valence electrons. The van der Waals surface area contributed by atoms with E-state index in [1.807, 2.05) is 43.2 Å². The van der Waals surface area contributed by atoms with E-state index in [0.717, 1.165) is 48.2 Å². The molecule has 3 aromatic heterocycles. The minimum absolute atomic E-state index is 0.108. The monoisotopic (exact) mass is 448 g/mol. The van der Waals surface area contributed by atoms with Gasteiger partial charge < -0.3 is 14.6 Å². The van der Waals surface area contributed by atoms with Crippen molar-refractivity contribution < 1.29 is 9.53 Å². The van der Waals surface area contributed by atoms with E-state index in [4.69, 9.17) is 4.74 Å². The number of ether oxygens (including phenoxy) is 1. The minimum atomic E-state index is -0.310. The summed E-state index contributed by atoms with van der Waals surface area (Å²) < 4.78 is 7.28. The Hall–Kier alpha value is -3.45. The lowest BCUT2D eigenvalue weighted by molar-refractivity contribution is -0.0199. The van der Waals surface area contributed by atoms with Crippen LogP contribution in [0.1, 0.15) is 33.1 Å². The molecule has 2 fully saturated rings. The van der Waals surface area contributed by atoms with Crippen molar-refractivity contribution in [2.45, 2.75) is 50.8 Å². The van der Waals surface area contributed by atoms with Crippen LogP contribution in [0, 0.1) is 11.3 Å². The molecular formula is C23H28N8O2. The molecular weight excluding hydrogens is 420 g/mol. The van der Waals surface area contributed by atoms with E-state index in [2.05, 4.69) is 31.0 Å². The van der Waals surface area contributed by atoms with Crippen molar-refractivity contribution in [1.29, 1.82) is 5.26 Å². The van der Waals surface area contributed by atoms with Crippen LogP contribution in [-0.4, -0.2) is 79.0 Å². The molecule has 5 rings (SSSR count). The van der Waals surface area contributed by atoms with Crippen molar-refractivity contribution in [3.8, 4) is 17.3 Å². The second kappa shape index (κ2) is 8.48. The van der Waals surface area contributed by atoms with Crippen LogP contribution in [0.3, 0.4) is 0 Å². The first-order chi connectivity index (χ1) is 16.0. The first-order valence-electron chi connectivity index (χ1n) is 11.4. The highest BCUT2D eigenvalue weighted by Crippen LogP contribution is 2.45. The standard InChI is InChI=1S/C23H28N8O2/c1-16(2)33-22(32)30-9-7-29(8-10-30)18-11-23(12-18,4-5-24)31-14-17(13-28-31)20-19-3-6-25-21(19)27-15-26-20/h3,6,13-16,18H,4,7-12H2,1-2H3,(H,25,26,27)/t18-,23-. The molecule has 4 heterocycles. The Bertz CT molecular complexity index is 1180. The molecule has 1 saturated carbocycles. The molecule has 3 aromatic rings. The summed E-state index contributed by atoms with van der Waals surface area (Å²) in [6, 6.07) is 4.71. The van der Waals surface area contributed by atoms with E-state index in [1.54, 1.807) is 11.2 Å². The van der Waals surface area contributed by atoms with E-state index in [9.17, 15) is 10.1 Å². The first kappa shape index (κ1) is 21.4.